The Bertz CT molecular complexity index is 1400. The summed E-state index contributed by atoms with van der Waals surface area (Å²) in [5.74, 6) is -0.0225. The van der Waals surface area contributed by atoms with Crippen molar-refractivity contribution < 1.29 is 28.9 Å². The minimum atomic E-state index is -2.21. The third kappa shape index (κ3) is 5.05. The van der Waals surface area contributed by atoms with E-state index in [1.807, 2.05) is 38.1 Å². The summed E-state index contributed by atoms with van der Waals surface area (Å²) in [7, 11) is 1.63. The molecule has 4 atom stereocenters. The molecule has 9 nitrogen and oxygen atoms in total. The Balaban J connectivity index is 1.77. The Morgan fingerprint density at radius 2 is 1.90 bits per heavy atom. The zero-order valence-corrected chi connectivity index (χ0v) is 25.8. The van der Waals surface area contributed by atoms with Crippen molar-refractivity contribution in [2.75, 3.05) is 33.5 Å². The first kappa shape index (κ1) is 30.3. The molecular weight excluding hydrogens is 534 g/mol. The molecule has 0 bridgehead atoms. The number of hydrogen-bond donors (Lipinski definition) is 1. The number of aromatic nitrogens is 1. The van der Waals surface area contributed by atoms with E-state index in [1.54, 1.807) is 12.0 Å². The van der Waals surface area contributed by atoms with Gasteiger partial charge in [-0.2, -0.15) is 0 Å². The van der Waals surface area contributed by atoms with Gasteiger partial charge in [0.2, 0.25) is 5.91 Å². The molecule has 1 aromatic heterocycles. The first-order chi connectivity index (χ1) is 20.1. The van der Waals surface area contributed by atoms with Crippen LogP contribution in [0.4, 0.5) is 0 Å². The molecule has 4 heterocycles. The summed E-state index contributed by atoms with van der Waals surface area (Å²) in [6.45, 7) is 12.2. The predicted octanol–water partition coefficient (Wildman–Crippen LogP) is 5.03. The molecule has 1 aromatic carbocycles. The molecule has 0 unspecified atom stereocenters. The number of piperazine rings is 1. The summed E-state index contributed by atoms with van der Waals surface area (Å²) in [5, 5.41) is 13.5. The van der Waals surface area contributed by atoms with Crippen molar-refractivity contribution in [3.05, 3.63) is 52.8 Å². The summed E-state index contributed by atoms with van der Waals surface area (Å²) in [6.07, 6.45) is 6.29. The summed E-state index contributed by atoms with van der Waals surface area (Å²) in [5.41, 5.74) is 2.38. The maximum Gasteiger partial charge on any atom is 0.279 e. The molecule has 3 aliphatic rings. The number of amides is 2. The first-order valence-corrected chi connectivity index (χ1v) is 15.2. The van der Waals surface area contributed by atoms with Crippen LogP contribution in [0.1, 0.15) is 83.7 Å². The van der Waals surface area contributed by atoms with Gasteiger partial charge in [0.25, 0.3) is 11.6 Å². The van der Waals surface area contributed by atoms with Crippen LogP contribution in [0.15, 0.2) is 41.5 Å². The van der Waals surface area contributed by atoms with Crippen molar-refractivity contribution in [2.45, 2.75) is 90.8 Å². The lowest BCUT2D eigenvalue weighted by Gasteiger charge is -2.55. The molecule has 42 heavy (non-hydrogen) atoms. The van der Waals surface area contributed by atoms with Crippen LogP contribution in [0, 0.1) is 0 Å². The molecule has 2 aromatic rings. The van der Waals surface area contributed by atoms with E-state index in [0.29, 0.717) is 38.5 Å². The van der Waals surface area contributed by atoms with Crippen LogP contribution in [-0.2, 0) is 25.6 Å². The molecule has 5 rings (SSSR count). The van der Waals surface area contributed by atoms with Gasteiger partial charge in [-0.05, 0) is 59.1 Å². The molecule has 2 fully saturated rings. The summed E-state index contributed by atoms with van der Waals surface area (Å²) < 4.78 is 20.0. The fourth-order valence-corrected chi connectivity index (χ4v) is 6.63. The Labute approximate surface area is 248 Å². The van der Waals surface area contributed by atoms with Gasteiger partial charge in [0.15, 0.2) is 0 Å². The third-order valence-electron chi connectivity index (χ3n) is 8.58. The van der Waals surface area contributed by atoms with Crippen LogP contribution in [0.3, 0.4) is 0 Å². The molecule has 0 radical (unpaired) electrons. The molecular formula is C33H45N3O6. The smallest absolute Gasteiger partial charge is 0.279 e. The van der Waals surface area contributed by atoms with Crippen molar-refractivity contribution in [2.24, 2.45) is 0 Å². The number of rotatable bonds is 11. The van der Waals surface area contributed by atoms with Gasteiger partial charge in [0.05, 0.1) is 37.6 Å². The number of carbonyl (C=O) groups is 2. The molecule has 3 aliphatic heterocycles. The van der Waals surface area contributed by atoms with Gasteiger partial charge in [0.1, 0.15) is 17.9 Å². The van der Waals surface area contributed by atoms with Gasteiger partial charge >= 0.3 is 0 Å². The number of fused-ring (bicyclic) bond motifs is 5. The van der Waals surface area contributed by atoms with Gasteiger partial charge in [-0.3, -0.25) is 14.5 Å². The number of aliphatic hydroxyl groups is 1. The SMILES string of the molecule is CCCCOCCO[C@H]1c2c(n(CC=C(C)C)c3cc(OC)ccc23)[C@H](C=C(C)C)N2C(=O)[C@@H]3CCCN3C(=O)[C@@]12O. The first-order valence-electron chi connectivity index (χ1n) is 15.2. The zero-order chi connectivity index (χ0) is 30.2. The molecule has 0 aliphatic carbocycles. The second-order valence-electron chi connectivity index (χ2n) is 12.1. The predicted molar refractivity (Wildman–Crippen MR) is 161 cm³/mol. The average molecular weight is 580 g/mol. The van der Waals surface area contributed by atoms with Gasteiger partial charge < -0.3 is 28.8 Å². The lowest BCUT2D eigenvalue weighted by Crippen LogP contribution is -2.74. The second kappa shape index (κ2) is 12.2. The Kier molecular flexibility index (Phi) is 8.83. The van der Waals surface area contributed by atoms with E-state index >= 15 is 0 Å². The monoisotopic (exact) mass is 579 g/mol. The van der Waals surface area contributed by atoms with E-state index in [2.05, 4.69) is 31.4 Å². The van der Waals surface area contributed by atoms with E-state index in [0.717, 1.165) is 52.6 Å². The van der Waals surface area contributed by atoms with Crippen LogP contribution in [0.2, 0.25) is 0 Å². The number of carbonyl (C=O) groups excluding carboxylic acids is 2. The largest absolute Gasteiger partial charge is 0.497 e. The fraction of sp³-hybridized carbons (Fsp3) is 0.576. The van der Waals surface area contributed by atoms with Crippen molar-refractivity contribution in [1.82, 2.24) is 14.4 Å². The average Bonchev–Trinajstić information content (AvgIpc) is 3.57. The molecule has 2 saturated heterocycles. The number of hydrogen-bond acceptors (Lipinski definition) is 6. The van der Waals surface area contributed by atoms with Crippen LogP contribution in [0.25, 0.3) is 10.9 Å². The Morgan fingerprint density at radius 3 is 2.60 bits per heavy atom. The fourth-order valence-electron chi connectivity index (χ4n) is 6.63. The zero-order valence-electron chi connectivity index (χ0n) is 25.8. The minimum absolute atomic E-state index is 0.166. The van der Waals surface area contributed by atoms with Crippen molar-refractivity contribution in [1.29, 1.82) is 0 Å². The van der Waals surface area contributed by atoms with Gasteiger partial charge in [-0.25, -0.2) is 0 Å². The molecule has 1 N–H and O–H groups in total. The number of methoxy groups -OCH3 is 1. The van der Waals surface area contributed by atoms with Crippen molar-refractivity contribution >= 4 is 22.7 Å². The Hall–Kier alpha value is -3.14. The topological polar surface area (TPSA) is 93.5 Å². The number of benzene rings is 1. The molecule has 0 spiro atoms. The van der Waals surface area contributed by atoms with Gasteiger partial charge in [-0.1, -0.05) is 36.6 Å². The summed E-state index contributed by atoms with van der Waals surface area (Å²) >= 11 is 0. The second-order valence-corrected chi connectivity index (χ2v) is 12.1. The molecule has 0 saturated carbocycles. The molecule has 228 valence electrons. The number of nitrogens with zero attached hydrogens (tertiary/aromatic N) is 3. The lowest BCUT2D eigenvalue weighted by molar-refractivity contribution is -0.238. The normalized spacial score (nSPS) is 24.9. The van der Waals surface area contributed by atoms with E-state index in [-0.39, 0.29) is 12.5 Å². The lowest BCUT2D eigenvalue weighted by atomic mass is 9.82. The highest BCUT2D eigenvalue weighted by Crippen LogP contribution is 2.54. The highest BCUT2D eigenvalue weighted by atomic mass is 16.5. The number of ether oxygens (including phenoxy) is 3. The van der Waals surface area contributed by atoms with Crippen LogP contribution in [-0.4, -0.2) is 76.5 Å². The quantitative estimate of drug-likeness (QED) is 0.296. The molecule has 2 amide bonds. The Morgan fingerprint density at radius 1 is 1.12 bits per heavy atom. The highest BCUT2D eigenvalue weighted by Gasteiger charge is 2.66. The van der Waals surface area contributed by atoms with Crippen molar-refractivity contribution in [3.63, 3.8) is 0 Å². The third-order valence-corrected chi connectivity index (χ3v) is 8.58. The highest BCUT2D eigenvalue weighted by molar-refractivity contribution is 6.02. The summed E-state index contributed by atoms with van der Waals surface area (Å²) in [4.78, 5) is 31.6. The van der Waals surface area contributed by atoms with E-state index < -0.39 is 29.8 Å². The number of allylic oxidation sites excluding steroid dienone is 3. The summed E-state index contributed by atoms with van der Waals surface area (Å²) in [6, 6.07) is 4.57. The molecule has 9 heteroatoms. The van der Waals surface area contributed by atoms with Crippen molar-refractivity contribution in [3.8, 4) is 5.75 Å². The van der Waals surface area contributed by atoms with E-state index in [9.17, 15) is 14.7 Å². The van der Waals surface area contributed by atoms with Crippen LogP contribution >= 0.6 is 0 Å². The van der Waals surface area contributed by atoms with E-state index in [4.69, 9.17) is 14.2 Å². The maximum absolute atomic E-state index is 14.3. The van der Waals surface area contributed by atoms with Gasteiger partial charge in [0, 0.05) is 36.7 Å². The minimum Gasteiger partial charge on any atom is -0.497 e. The van der Waals surface area contributed by atoms with Gasteiger partial charge in [-0.15, -0.1) is 0 Å². The van der Waals surface area contributed by atoms with Crippen LogP contribution < -0.4 is 4.74 Å². The maximum atomic E-state index is 14.3. The van der Waals surface area contributed by atoms with E-state index in [1.165, 1.54) is 4.90 Å². The standard InChI is InChI=1S/C33H45N3O6/c1-7-8-16-41-17-18-42-30-28-24-12-11-23(40-6)20-26(24)34(15-13-21(2)3)29(28)27(19-22(4)5)36-31(37)25-10-9-14-35(25)32(38)33(30,36)39/h11-13,19-20,25,27,30,39H,7-10,14-18H2,1-6H3/t25-,27-,30-,33-/m0/s1. The van der Waals surface area contributed by atoms with Crippen LogP contribution in [0.5, 0.6) is 5.75 Å². The number of unbranched alkanes of at least 4 members (excludes halogenated alkanes) is 1.